The lowest BCUT2D eigenvalue weighted by Crippen LogP contribution is -2.37. The molecule has 0 heterocycles. The van der Waals surface area contributed by atoms with Crippen LogP contribution in [0.4, 0.5) is 0 Å². The lowest BCUT2D eigenvalue weighted by molar-refractivity contribution is -0.122. The number of hydrogen-bond donors (Lipinski definition) is 2. The van der Waals surface area contributed by atoms with E-state index in [1.54, 1.807) is 19.2 Å². The number of amides is 1. The summed E-state index contributed by atoms with van der Waals surface area (Å²) in [4.78, 5) is 14.0. The largest absolute Gasteiger partial charge is 0.496 e. The summed E-state index contributed by atoms with van der Waals surface area (Å²) in [5, 5.41) is 13.0. The molecular weight excluding hydrogens is 304 g/mol. The SMILES string of the molecule is COc1ccccc1[C@H](O)CNC(=O)CN(C)Cc1ccccc1. The molecule has 0 aliphatic rings. The van der Waals surface area contributed by atoms with Crippen molar-refractivity contribution in [1.82, 2.24) is 10.2 Å². The Morgan fingerprint density at radius 1 is 1.17 bits per heavy atom. The van der Waals surface area contributed by atoms with E-state index in [1.807, 2.05) is 54.4 Å². The molecule has 0 unspecified atom stereocenters. The first-order chi connectivity index (χ1) is 11.6. The Bertz CT molecular complexity index is 646. The van der Waals surface area contributed by atoms with Gasteiger partial charge in [-0.25, -0.2) is 0 Å². The van der Waals surface area contributed by atoms with Gasteiger partial charge >= 0.3 is 0 Å². The van der Waals surface area contributed by atoms with E-state index in [0.29, 0.717) is 17.9 Å². The highest BCUT2D eigenvalue weighted by Gasteiger charge is 2.14. The minimum atomic E-state index is -0.801. The summed E-state index contributed by atoms with van der Waals surface area (Å²) < 4.78 is 5.22. The monoisotopic (exact) mass is 328 g/mol. The lowest BCUT2D eigenvalue weighted by Gasteiger charge is -2.18. The van der Waals surface area contributed by atoms with Gasteiger partial charge in [0.25, 0.3) is 0 Å². The van der Waals surface area contributed by atoms with Crippen molar-refractivity contribution in [3.05, 3.63) is 65.7 Å². The van der Waals surface area contributed by atoms with Crippen molar-refractivity contribution < 1.29 is 14.6 Å². The summed E-state index contributed by atoms with van der Waals surface area (Å²) in [5.74, 6) is 0.489. The fourth-order valence-corrected chi connectivity index (χ4v) is 2.51. The molecule has 0 aliphatic heterocycles. The summed E-state index contributed by atoms with van der Waals surface area (Å²) >= 11 is 0. The number of rotatable bonds is 8. The maximum atomic E-state index is 12.0. The van der Waals surface area contributed by atoms with Crippen LogP contribution in [0.3, 0.4) is 0 Å². The molecule has 0 aromatic heterocycles. The second-order valence-corrected chi connectivity index (χ2v) is 5.72. The van der Waals surface area contributed by atoms with Crippen molar-refractivity contribution in [2.24, 2.45) is 0 Å². The summed E-state index contributed by atoms with van der Waals surface area (Å²) in [6.45, 7) is 1.12. The zero-order chi connectivity index (χ0) is 17.4. The molecule has 0 bridgehead atoms. The third kappa shape index (κ3) is 5.37. The van der Waals surface area contributed by atoms with E-state index in [0.717, 1.165) is 5.56 Å². The molecule has 0 saturated carbocycles. The second-order valence-electron chi connectivity index (χ2n) is 5.72. The molecule has 1 amide bonds. The number of likely N-dealkylation sites (N-methyl/N-ethyl adjacent to an activating group) is 1. The van der Waals surface area contributed by atoms with Gasteiger partial charge < -0.3 is 15.2 Å². The molecule has 2 aromatic rings. The van der Waals surface area contributed by atoms with Crippen molar-refractivity contribution in [3.8, 4) is 5.75 Å². The van der Waals surface area contributed by atoms with Crippen LogP contribution in [-0.2, 0) is 11.3 Å². The van der Waals surface area contributed by atoms with Crippen LogP contribution < -0.4 is 10.1 Å². The van der Waals surface area contributed by atoms with Gasteiger partial charge in [0.05, 0.1) is 19.8 Å². The molecule has 0 spiro atoms. The van der Waals surface area contributed by atoms with Crippen LogP contribution in [0.25, 0.3) is 0 Å². The van der Waals surface area contributed by atoms with E-state index in [1.165, 1.54) is 0 Å². The van der Waals surface area contributed by atoms with E-state index in [4.69, 9.17) is 4.74 Å². The van der Waals surface area contributed by atoms with Crippen LogP contribution in [-0.4, -0.2) is 43.2 Å². The number of carbonyl (C=O) groups excluding carboxylic acids is 1. The summed E-state index contributed by atoms with van der Waals surface area (Å²) in [7, 11) is 3.45. The van der Waals surface area contributed by atoms with Gasteiger partial charge in [0.15, 0.2) is 0 Å². The fraction of sp³-hybridized carbons (Fsp3) is 0.316. The van der Waals surface area contributed by atoms with Gasteiger partial charge in [0, 0.05) is 18.7 Å². The fourth-order valence-electron chi connectivity index (χ4n) is 2.51. The number of hydrogen-bond acceptors (Lipinski definition) is 4. The van der Waals surface area contributed by atoms with Gasteiger partial charge in [-0.1, -0.05) is 48.5 Å². The molecule has 1 atom stereocenters. The van der Waals surface area contributed by atoms with Gasteiger partial charge in [0.2, 0.25) is 5.91 Å². The highest BCUT2D eigenvalue weighted by atomic mass is 16.5. The number of methoxy groups -OCH3 is 1. The van der Waals surface area contributed by atoms with Crippen molar-refractivity contribution in [2.75, 3.05) is 27.2 Å². The van der Waals surface area contributed by atoms with Crippen molar-refractivity contribution >= 4 is 5.91 Å². The predicted octanol–water partition coefficient (Wildman–Crippen LogP) is 1.98. The minimum absolute atomic E-state index is 0.123. The van der Waals surface area contributed by atoms with E-state index in [-0.39, 0.29) is 19.0 Å². The standard InChI is InChI=1S/C19H24N2O3/c1-21(13-15-8-4-3-5-9-15)14-19(23)20-12-17(22)16-10-6-7-11-18(16)24-2/h3-11,17,22H,12-14H2,1-2H3,(H,20,23)/t17-/m1/s1. The van der Waals surface area contributed by atoms with E-state index >= 15 is 0 Å². The van der Waals surface area contributed by atoms with Crippen LogP contribution >= 0.6 is 0 Å². The highest BCUT2D eigenvalue weighted by Crippen LogP contribution is 2.23. The smallest absolute Gasteiger partial charge is 0.234 e. The van der Waals surface area contributed by atoms with E-state index in [9.17, 15) is 9.90 Å². The van der Waals surface area contributed by atoms with Gasteiger partial charge in [-0.15, -0.1) is 0 Å². The van der Waals surface area contributed by atoms with Crippen molar-refractivity contribution in [2.45, 2.75) is 12.6 Å². The zero-order valence-electron chi connectivity index (χ0n) is 14.1. The molecule has 0 fully saturated rings. The predicted molar refractivity (Wildman–Crippen MR) is 93.7 cm³/mol. The quantitative estimate of drug-likeness (QED) is 0.778. The summed E-state index contributed by atoms with van der Waals surface area (Å²) in [5.41, 5.74) is 1.82. The Morgan fingerprint density at radius 3 is 2.54 bits per heavy atom. The Balaban J connectivity index is 1.80. The Kier molecular flexibility index (Phi) is 6.78. The molecule has 0 radical (unpaired) electrons. The van der Waals surface area contributed by atoms with Crippen LogP contribution in [0.1, 0.15) is 17.2 Å². The second kappa shape index (κ2) is 9.05. The van der Waals surface area contributed by atoms with Crippen molar-refractivity contribution in [1.29, 1.82) is 0 Å². The van der Waals surface area contributed by atoms with E-state index < -0.39 is 6.10 Å². The molecule has 24 heavy (non-hydrogen) atoms. The van der Waals surface area contributed by atoms with Gasteiger partial charge in [-0.05, 0) is 18.7 Å². The number of aliphatic hydroxyl groups is 1. The maximum absolute atomic E-state index is 12.0. The summed E-state index contributed by atoms with van der Waals surface area (Å²) in [6, 6.07) is 17.2. The summed E-state index contributed by atoms with van der Waals surface area (Å²) in [6.07, 6.45) is -0.801. The number of ether oxygens (including phenoxy) is 1. The Morgan fingerprint density at radius 2 is 1.83 bits per heavy atom. The normalized spacial score (nSPS) is 12.0. The first-order valence-corrected chi connectivity index (χ1v) is 7.90. The van der Waals surface area contributed by atoms with Gasteiger partial charge in [-0.3, -0.25) is 9.69 Å². The number of aliphatic hydroxyl groups excluding tert-OH is 1. The van der Waals surface area contributed by atoms with Crippen LogP contribution in [0.15, 0.2) is 54.6 Å². The first kappa shape index (κ1) is 18.0. The number of nitrogens with zero attached hydrogens (tertiary/aromatic N) is 1. The minimum Gasteiger partial charge on any atom is -0.496 e. The molecular formula is C19H24N2O3. The average molecular weight is 328 g/mol. The third-order valence-electron chi connectivity index (χ3n) is 3.70. The lowest BCUT2D eigenvalue weighted by atomic mass is 10.1. The van der Waals surface area contributed by atoms with Gasteiger partial charge in [-0.2, -0.15) is 0 Å². The number of para-hydroxylation sites is 1. The maximum Gasteiger partial charge on any atom is 0.234 e. The number of carbonyl (C=O) groups is 1. The molecule has 2 N–H and O–H groups in total. The third-order valence-corrected chi connectivity index (χ3v) is 3.70. The molecule has 2 rings (SSSR count). The molecule has 5 heteroatoms. The Hall–Kier alpha value is -2.37. The van der Waals surface area contributed by atoms with Crippen LogP contribution in [0, 0.1) is 0 Å². The first-order valence-electron chi connectivity index (χ1n) is 7.90. The molecule has 2 aromatic carbocycles. The Labute approximate surface area is 142 Å². The molecule has 128 valence electrons. The zero-order valence-corrected chi connectivity index (χ0v) is 14.1. The topological polar surface area (TPSA) is 61.8 Å². The number of nitrogens with one attached hydrogen (secondary N) is 1. The van der Waals surface area contributed by atoms with Crippen LogP contribution in [0.5, 0.6) is 5.75 Å². The molecule has 0 saturated heterocycles. The number of benzene rings is 2. The van der Waals surface area contributed by atoms with Gasteiger partial charge in [0.1, 0.15) is 5.75 Å². The molecule has 5 nitrogen and oxygen atoms in total. The van der Waals surface area contributed by atoms with Crippen molar-refractivity contribution in [3.63, 3.8) is 0 Å². The highest BCUT2D eigenvalue weighted by molar-refractivity contribution is 5.78. The van der Waals surface area contributed by atoms with E-state index in [2.05, 4.69) is 5.32 Å². The molecule has 0 aliphatic carbocycles. The average Bonchev–Trinajstić information content (AvgIpc) is 2.60. The van der Waals surface area contributed by atoms with Crippen LogP contribution in [0.2, 0.25) is 0 Å².